The van der Waals surface area contributed by atoms with Crippen molar-refractivity contribution in [2.75, 3.05) is 152 Å². The lowest BCUT2D eigenvalue weighted by atomic mass is 10.2. The molecule has 0 aliphatic heterocycles. The predicted octanol–water partition coefficient (Wildman–Crippen LogP) is 0.469. The predicted molar refractivity (Wildman–Crippen MR) is 154 cm³/mol. The fourth-order valence-corrected chi connectivity index (χ4v) is 2.81. The van der Waals surface area contributed by atoms with Gasteiger partial charge in [-0.05, 0) is 20.8 Å². The highest BCUT2D eigenvalue weighted by atomic mass is 16.6. The Morgan fingerprint density at radius 2 is 0.619 bits per heavy atom. The molecule has 0 spiro atoms. The van der Waals surface area contributed by atoms with Crippen LogP contribution in [0.25, 0.3) is 0 Å². The van der Waals surface area contributed by atoms with Gasteiger partial charge < -0.3 is 62.6 Å². The summed E-state index contributed by atoms with van der Waals surface area (Å²) in [5.41, 5.74) is 4.81. The number of esters is 1. The van der Waals surface area contributed by atoms with E-state index in [4.69, 9.17) is 62.6 Å². The van der Waals surface area contributed by atoms with E-state index in [-0.39, 0.29) is 12.6 Å². The maximum absolute atomic E-state index is 11.5. The van der Waals surface area contributed by atoms with Crippen LogP contribution in [0.5, 0.6) is 0 Å². The molecule has 42 heavy (non-hydrogen) atoms. The standard InChI is InChI=1S/C28H57NO13/c1-28(2,3)42-27(30)26-41-25-24-40-23-22-39-21-20-38-19-18-37-17-16-36-15-14-35-13-12-34-11-10-33-9-8-32-7-6-31-5-4-29/h4-26,29H2,1-3H3. The Hall–Kier alpha value is -1.01. The van der Waals surface area contributed by atoms with Crippen molar-refractivity contribution in [1.29, 1.82) is 0 Å². The summed E-state index contributed by atoms with van der Waals surface area (Å²) >= 11 is 0. The lowest BCUT2D eigenvalue weighted by Crippen LogP contribution is -2.27. The van der Waals surface area contributed by atoms with Crippen LogP contribution in [-0.4, -0.2) is 163 Å². The largest absolute Gasteiger partial charge is 0.458 e. The molecule has 14 nitrogen and oxygen atoms in total. The lowest BCUT2D eigenvalue weighted by molar-refractivity contribution is -0.160. The van der Waals surface area contributed by atoms with Crippen molar-refractivity contribution in [3.63, 3.8) is 0 Å². The molecule has 0 rings (SSSR count). The van der Waals surface area contributed by atoms with Crippen LogP contribution >= 0.6 is 0 Å². The van der Waals surface area contributed by atoms with E-state index in [9.17, 15) is 4.79 Å². The van der Waals surface area contributed by atoms with Crippen LogP contribution < -0.4 is 5.73 Å². The molecule has 0 fully saturated rings. The SMILES string of the molecule is CC(C)(C)OC(=O)COCCOCCOCCOCCOCCOCCOCCOCCOCCOCCOCCN. The van der Waals surface area contributed by atoms with Gasteiger partial charge in [0.15, 0.2) is 0 Å². The van der Waals surface area contributed by atoms with E-state index in [1.165, 1.54) is 0 Å². The molecule has 0 radical (unpaired) electrons. The number of rotatable bonds is 34. The third-order valence-corrected chi connectivity index (χ3v) is 4.62. The number of nitrogens with two attached hydrogens (primary N) is 1. The van der Waals surface area contributed by atoms with Gasteiger partial charge in [-0.15, -0.1) is 0 Å². The van der Waals surface area contributed by atoms with Gasteiger partial charge in [-0.2, -0.15) is 0 Å². The van der Waals surface area contributed by atoms with E-state index >= 15 is 0 Å². The van der Waals surface area contributed by atoms with Crippen LogP contribution in [0.1, 0.15) is 20.8 Å². The fraction of sp³-hybridized carbons (Fsp3) is 0.964. The van der Waals surface area contributed by atoms with Crippen LogP contribution in [0.15, 0.2) is 0 Å². The van der Waals surface area contributed by atoms with E-state index in [1.54, 1.807) is 0 Å². The van der Waals surface area contributed by atoms with Crippen molar-refractivity contribution in [3.05, 3.63) is 0 Å². The van der Waals surface area contributed by atoms with E-state index in [1.807, 2.05) is 20.8 Å². The number of hydrogen-bond donors (Lipinski definition) is 1. The van der Waals surface area contributed by atoms with Crippen LogP contribution in [0, 0.1) is 0 Å². The molecule has 0 aromatic heterocycles. The summed E-state index contributed by atoms with van der Waals surface area (Å²) in [7, 11) is 0. The van der Waals surface area contributed by atoms with Gasteiger partial charge in [0.2, 0.25) is 0 Å². The average Bonchev–Trinajstić information content (AvgIpc) is 2.94. The topological polar surface area (TPSA) is 154 Å². The lowest BCUT2D eigenvalue weighted by Gasteiger charge is -2.19. The van der Waals surface area contributed by atoms with E-state index < -0.39 is 5.60 Å². The minimum atomic E-state index is -0.509. The summed E-state index contributed by atoms with van der Waals surface area (Å²) in [5, 5.41) is 0. The second-order valence-corrected chi connectivity index (χ2v) is 9.55. The van der Waals surface area contributed by atoms with Crippen LogP contribution in [0.3, 0.4) is 0 Å². The van der Waals surface area contributed by atoms with Gasteiger partial charge in [0.1, 0.15) is 12.2 Å². The number of carbonyl (C=O) groups excluding carboxylic acids is 1. The normalized spacial score (nSPS) is 11.8. The third kappa shape index (κ3) is 37.0. The Labute approximate surface area is 251 Å². The summed E-state index contributed by atoms with van der Waals surface area (Å²) in [6.07, 6.45) is 0. The molecule has 252 valence electrons. The van der Waals surface area contributed by atoms with Crippen LogP contribution in [-0.2, 0) is 61.6 Å². The van der Waals surface area contributed by atoms with Crippen molar-refractivity contribution in [2.45, 2.75) is 26.4 Å². The van der Waals surface area contributed by atoms with Gasteiger partial charge in [-0.3, -0.25) is 0 Å². The average molecular weight is 616 g/mol. The molecule has 0 saturated heterocycles. The molecular formula is C28H57NO13. The Morgan fingerprint density at radius 3 is 0.833 bits per heavy atom. The zero-order valence-electron chi connectivity index (χ0n) is 26.1. The first kappa shape index (κ1) is 41.0. The zero-order chi connectivity index (χ0) is 30.8. The molecule has 0 aromatic carbocycles. The molecule has 14 heteroatoms. The van der Waals surface area contributed by atoms with Gasteiger partial charge in [0, 0.05) is 6.54 Å². The highest BCUT2D eigenvalue weighted by molar-refractivity contribution is 5.71. The first-order valence-electron chi connectivity index (χ1n) is 14.7. The van der Waals surface area contributed by atoms with Gasteiger partial charge in [-0.25, -0.2) is 4.79 Å². The summed E-state index contributed by atoms with van der Waals surface area (Å²) in [6.45, 7) is 16.1. The van der Waals surface area contributed by atoms with Gasteiger partial charge in [-0.1, -0.05) is 0 Å². The Morgan fingerprint density at radius 1 is 0.405 bits per heavy atom. The molecule has 0 saturated carbocycles. The first-order chi connectivity index (χ1) is 20.5. The second-order valence-electron chi connectivity index (χ2n) is 9.55. The number of ether oxygens (including phenoxy) is 12. The summed E-state index contributed by atoms with van der Waals surface area (Å²) in [5.74, 6) is -0.386. The molecule has 0 amide bonds. The van der Waals surface area contributed by atoms with Gasteiger partial charge in [0.05, 0.1) is 139 Å². The highest BCUT2D eigenvalue weighted by Gasteiger charge is 2.15. The first-order valence-corrected chi connectivity index (χ1v) is 14.7. The molecule has 2 N–H and O–H groups in total. The maximum atomic E-state index is 11.5. The van der Waals surface area contributed by atoms with Crippen molar-refractivity contribution in [1.82, 2.24) is 0 Å². The Bertz CT molecular complexity index is 552. The fourth-order valence-electron chi connectivity index (χ4n) is 2.81. The van der Waals surface area contributed by atoms with Crippen molar-refractivity contribution in [2.24, 2.45) is 5.73 Å². The van der Waals surface area contributed by atoms with Crippen molar-refractivity contribution in [3.8, 4) is 0 Å². The Kier molecular flexibility index (Phi) is 32.1. The van der Waals surface area contributed by atoms with E-state index in [0.717, 1.165) is 0 Å². The maximum Gasteiger partial charge on any atom is 0.332 e. The zero-order valence-corrected chi connectivity index (χ0v) is 26.1. The summed E-state index contributed by atoms with van der Waals surface area (Å²) < 4.78 is 64.4. The quantitative estimate of drug-likeness (QED) is 0.0788. The third-order valence-electron chi connectivity index (χ3n) is 4.62. The monoisotopic (exact) mass is 615 g/mol. The summed E-state index contributed by atoms with van der Waals surface area (Å²) in [6, 6.07) is 0. The molecule has 0 aliphatic carbocycles. The van der Waals surface area contributed by atoms with Crippen molar-refractivity contribution >= 4 is 5.97 Å². The summed E-state index contributed by atoms with van der Waals surface area (Å²) in [4.78, 5) is 11.5. The van der Waals surface area contributed by atoms with Crippen LogP contribution in [0.2, 0.25) is 0 Å². The van der Waals surface area contributed by atoms with Gasteiger partial charge in [0.25, 0.3) is 0 Å². The minimum Gasteiger partial charge on any atom is -0.458 e. The Balaban J connectivity index is 3.09. The van der Waals surface area contributed by atoms with E-state index in [2.05, 4.69) is 0 Å². The molecule has 0 aliphatic rings. The number of carbonyl (C=O) groups is 1. The smallest absolute Gasteiger partial charge is 0.332 e. The molecule has 0 aromatic rings. The van der Waals surface area contributed by atoms with E-state index in [0.29, 0.717) is 145 Å². The molecular weight excluding hydrogens is 558 g/mol. The van der Waals surface area contributed by atoms with Gasteiger partial charge >= 0.3 is 5.97 Å². The van der Waals surface area contributed by atoms with Crippen LogP contribution in [0.4, 0.5) is 0 Å². The molecule has 0 unspecified atom stereocenters. The molecule has 0 bridgehead atoms. The molecule has 0 heterocycles. The van der Waals surface area contributed by atoms with Crippen molar-refractivity contribution < 1.29 is 61.6 Å². The highest BCUT2D eigenvalue weighted by Crippen LogP contribution is 2.06. The minimum absolute atomic E-state index is 0.0824. The second kappa shape index (κ2) is 32.9. The molecule has 0 atom stereocenters. The number of hydrogen-bond acceptors (Lipinski definition) is 14.